The van der Waals surface area contributed by atoms with Crippen molar-refractivity contribution in [3.05, 3.63) is 33.8 Å². The molecule has 1 fully saturated rings. The first-order valence-electron chi connectivity index (χ1n) is 5.88. The Hall–Kier alpha value is -1.40. The normalized spacial score (nSPS) is 22.6. The highest BCUT2D eigenvalue weighted by Crippen LogP contribution is 2.25. The van der Waals surface area contributed by atoms with E-state index in [1.165, 1.54) is 4.90 Å². The van der Waals surface area contributed by atoms with Crippen molar-refractivity contribution in [3.8, 4) is 0 Å². The van der Waals surface area contributed by atoms with E-state index < -0.39 is 18.1 Å². The van der Waals surface area contributed by atoms with Gasteiger partial charge in [-0.2, -0.15) is 0 Å². The predicted molar refractivity (Wildman–Crippen MR) is 72.0 cm³/mol. The van der Waals surface area contributed by atoms with Crippen LogP contribution in [-0.4, -0.2) is 45.7 Å². The van der Waals surface area contributed by atoms with Gasteiger partial charge >= 0.3 is 5.97 Å². The summed E-state index contributed by atoms with van der Waals surface area (Å²) in [6, 6.07) is 4.25. The molecule has 1 aromatic rings. The molecule has 0 aromatic heterocycles. The quantitative estimate of drug-likeness (QED) is 0.861. The molecular formula is C13H14BrNO4. The first-order chi connectivity index (χ1) is 8.91. The summed E-state index contributed by atoms with van der Waals surface area (Å²) < 4.78 is 0.796. The number of halogens is 1. The van der Waals surface area contributed by atoms with Crippen molar-refractivity contribution >= 4 is 27.8 Å². The van der Waals surface area contributed by atoms with Crippen molar-refractivity contribution < 1.29 is 19.8 Å². The summed E-state index contributed by atoms with van der Waals surface area (Å²) in [6.07, 6.45) is -0.703. The second-order valence-electron chi connectivity index (χ2n) is 4.61. The van der Waals surface area contributed by atoms with E-state index in [1.54, 1.807) is 19.1 Å². The summed E-state index contributed by atoms with van der Waals surface area (Å²) in [6.45, 7) is 1.85. The first-order valence-corrected chi connectivity index (χ1v) is 6.68. The Morgan fingerprint density at radius 1 is 1.42 bits per heavy atom. The Morgan fingerprint density at radius 3 is 2.74 bits per heavy atom. The van der Waals surface area contributed by atoms with Crippen molar-refractivity contribution in [2.75, 3.05) is 6.54 Å². The lowest BCUT2D eigenvalue weighted by atomic mass is 10.1. The van der Waals surface area contributed by atoms with Gasteiger partial charge in [0.05, 0.1) is 6.10 Å². The largest absolute Gasteiger partial charge is 0.480 e. The van der Waals surface area contributed by atoms with Gasteiger partial charge in [0.15, 0.2) is 0 Å². The smallest absolute Gasteiger partial charge is 0.326 e. The maximum Gasteiger partial charge on any atom is 0.326 e. The van der Waals surface area contributed by atoms with Crippen LogP contribution in [0.1, 0.15) is 22.3 Å². The molecule has 102 valence electrons. The zero-order valence-corrected chi connectivity index (χ0v) is 11.9. The molecule has 0 unspecified atom stereocenters. The number of likely N-dealkylation sites (tertiary alicyclic amines) is 1. The number of β-amino-alcohol motifs (C(OH)–C–C–N with tert-alkyl or cyclic N) is 1. The highest BCUT2D eigenvalue weighted by molar-refractivity contribution is 9.10. The number of carbonyl (C=O) groups excluding carboxylic acids is 1. The van der Waals surface area contributed by atoms with Gasteiger partial charge in [0.1, 0.15) is 6.04 Å². The van der Waals surface area contributed by atoms with Gasteiger partial charge < -0.3 is 15.1 Å². The molecule has 1 saturated heterocycles. The number of nitrogens with zero attached hydrogens (tertiary/aromatic N) is 1. The maximum absolute atomic E-state index is 12.4. The van der Waals surface area contributed by atoms with Gasteiger partial charge in [0, 0.05) is 23.0 Å². The Morgan fingerprint density at radius 2 is 2.11 bits per heavy atom. The summed E-state index contributed by atoms with van der Waals surface area (Å²) in [7, 11) is 0. The van der Waals surface area contributed by atoms with E-state index in [2.05, 4.69) is 15.9 Å². The highest BCUT2D eigenvalue weighted by atomic mass is 79.9. The van der Waals surface area contributed by atoms with Gasteiger partial charge in [0.25, 0.3) is 5.91 Å². The number of benzene rings is 1. The van der Waals surface area contributed by atoms with E-state index >= 15 is 0 Å². The molecule has 0 bridgehead atoms. The molecule has 1 aliphatic rings. The van der Waals surface area contributed by atoms with E-state index in [4.69, 9.17) is 5.11 Å². The molecule has 0 radical (unpaired) electrons. The van der Waals surface area contributed by atoms with E-state index in [0.717, 1.165) is 10.0 Å². The summed E-state index contributed by atoms with van der Waals surface area (Å²) in [5.74, 6) is -1.44. The Labute approximate surface area is 119 Å². The standard InChI is InChI=1S/C13H14BrNO4/c1-7-9(3-2-4-10(7)14)12(17)15-6-8(16)5-11(15)13(18)19/h2-4,8,11,16H,5-6H2,1H3,(H,18,19)/t8-,11-/m0/s1. The van der Waals surface area contributed by atoms with E-state index in [1.807, 2.05) is 6.07 Å². The zero-order valence-electron chi connectivity index (χ0n) is 10.3. The number of aliphatic carboxylic acids is 1. The number of aliphatic hydroxyl groups is 1. The highest BCUT2D eigenvalue weighted by Gasteiger charge is 2.39. The molecule has 0 saturated carbocycles. The monoisotopic (exact) mass is 327 g/mol. The minimum atomic E-state index is -1.09. The number of rotatable bonds is 2. The molecule has 0 spiro atoms. The topological polar surface area (TPSA) is 77.8 Å². The van der Waals surface area contributed by atoms with Gasteiger partial charge in [-0.05, 0) is 24.6 Å². The third kappa shape index (κ3) is 2.64. The van der Waals surface area contributed by atoms with Gasteiger partial charge in [-0.3, -0.25) is 4.79 Å². The third-order valence-corrected chi connectivity index (χ3v) is 4.18. The Kier molecular flexibility index (Phi) is 3.91. The molecule has 1 heterocycles. The fourth-order valence-electron chi connectivity index (χ4n) is 2.27. The molecule has 1 amide bonds. The number of carbonyl (C=O) groups is 2. The average molecular weight is 328 g/mol. The molecule has 1 aromatic carbocycles. The average Bonchev–Trinajstić information content (AvgIpc) is 2.74. The van der Waals surface area contributed by atoms with Crippen LogP contribution < -0.4 is 0 Å². The molecule has 2 rings (SSSR count). The SMILES string of the molecule is Cc1c(Br)cccc1C(=O)N1C[C@@H](O)C[C@H]1C(=O)O. The molecule has 5 nitrogen and oxygen atoms in total. The predicted octanol–water partition coefficient (Wildman–Crippen LogP) is 1.42. The molecular weight excluding hydrogens is 314 g/mol. The maximum atomic E-state index is 12.4. The number of amides is 1. The minimum absolute atomic E-state index is 0.0573. The molecule has 19 heavy (non-hydrogen) atoms. The van der Waals surface area contributed by atoms with Crippen LogP contribution in [0.5, 0.6) is 0 Å². The Bertz CT molecular complexity index is 531. The lowest BCUT2D eigenvalue weighted by molar-refractivity contribution is -0.141. The van der Waals surface area contributed by atoms with Crippen LogP contribution in [0.2, 0.25) is 0 Å². The van der Waals surface area contributed by atoms with Gasteiger partial charge in [0.2, 0.25) is 0 Å². The van der Waals surface area contributed by atoms with Gasteiger partial charge in [-0.1, -0.05) is 22.0 Å². The van der Waals surface area contributed by atoms with Crippen LogP contribution in [-0.2, 0) is 4.79 Å². The molecule has 6 heteroatoms. The second-order valence-corrected chi connectivity index (χ2v) is 5.47. The lowest BCUT2D eigenvalue weighted by Crippen LogP contribution is -2.40. The molecule has 0 aliphatic carbocycles. The van der Waals surface area contributed by atoms with E-state index in [0.29, 0.717) is 5.56 Å². The summed E-state index contributed by atoms with van der Waals surface area (Å²) in [5, 5.41) is 18.7. The Balaban J connectivity index is 2.33. The van der Waals surface area contributed by atoms with Crippen molar-refractivity contribution in [2.24, 2.45) is 0 Å². The van der Waals surface area contributed by atoms with E-state index in [-0.39, 0.29) is 18.9 Å². The third-order valence-electron chi connectivity index (χ3n) is 3.32. The van der Waals surface area contributed by atoms with Crippen molar-refractivity contribution in [3.63, 3.8) is 0 Å². The van der Waals surface area contributed by atoms with Crippen LogP contribution in [0.25, 0.3) is 0 Å². The minimum Gasteiger partial charge on any atom is -0.480 e. The number of hydrogen-bond acceptors (Lipinski definition) is 3. The van der Waals surface area contributed by atoms with Crippen molar-refractivity contribution in [1.82, 2.24) is 4.90 Å². The van der Waals surface area contributed by atoms with Crippen LogP contribution >= 0.6 is 15.9 Å². The summed E-state index contributed by atoms with van der Waals surface area (Å²) in [5.41, 5.74) is 1.22. The summed E-state index contributed by atoms with van der Waals surface area (Å²) in [4.78, 5) is 24.8. The van der Waals surface area contributed by atoms with Crippen LogP contribution in [0.4, 0.5) is 0 Å². The van der Waals surface area contributed by atoms with Crippen LogP contribution in [0.15, 0.2) is 22.7 Å². The fourth-order valence-corrected chi connectivity index (χ4v) is 2.63. The fraction of sp³-hybridized carbons (Fsp3) is 0.385. The lowest BCUT2D eigenvalue weighted by Gasteiger charge is -2.22. The van der Waals surface area contributed by atoms with Crippen LogP contribution in [0, 0.1) is 6.92 Å². The van der Waals surface area contributed by atoms with E-state index in [9.17, 15) is 14.7 Å². The number of carboxylic acids is 1. The molecule has 2 atom stereocenters. The first kappa shape index (κ1) is 14.0. The number of aliphatic hydroxyl groups excluding tert-OH is 1. The van der Waals surface area contributed by atoms with Gasteiger partial charge in [-0.25, -0.2) is 4.79 Å². The zero-order chi connectivity index (χ0) is 14.2. The molecule has 1 aliphatic heterocycles. The number of hydrogen-bond donors (Lipinski definition) is 2. The molecule has 2 N–H and O–H groups in total. The second kappa shape index (κ2) is 5.30. The summed E-state index contributed by atoms with van der Waals surface area (Å²) >= 11 is 3.34. The van der Waals surface area contributed by atoms with Crippen LogP contribution in [0.3, 0.4) is 0 Å². The number of carboxylic acid groups (broad SMARTS) is 1. The van der Waals surface area contributed by atoms with Gasteiger partial charge in [-0.15, -0.1) is 0 Å². The van der Waals surface area contributed by atoms with Crippen molar-refractivity contribution in [2.45, 2.75) is 25.5 Å². The van der Waals surface area contributed by atoms with Crippen molar-refractivity contribution in [1.29, 1.82) is 0 Å².